The maximum Gasteiger partial charge on any atom is 0.315 e. The van der Waals surface area contributed by atoms with Crippen molar-refractivity contribution in [2.45, 2.75) is 24.2 Å². The van der Waals surface area contributed by atoms with Crippen LogP contribution in [0, 0.1) is 0 Å². The van der Waals surface area contributed by atoms with Crippen LogP contribution in [0.4, 0.5) is 4.79 Å². The molecule has 2 rings (SSSR count). The minimum absolute atomic E-state index is 0.0930. The molecule has 176 valence electrons. The number of allylic oxidation sites excluding steroid dienone is 2. The number of nitrogens with one attached hydrogen (secondary N) is 2. The quantitative estimate of drug-likeness (QED) is 0.326. The lowest BCUT2D eigenvalue weighted by atomic mass is 10.2. The molecule has 0 aliphatic carbocycles. The van der Waals surface area contributed by atoms with E-state index in [-0.39, 0.29) is 19.4 Å². The molecule has 0 saturated carbocycles. The standard InChI is InChI=1S/C11H16N2O3.C10H13NOS.CH3NO/c1-3-5-9(4-2)8-13-11(16)12-7-6-10(14)15;12-13(11-8-4-5-9-11)10-6-2-1-3-7-10;2-1-3/h3-5H,1-2,6-8H2,(H,14,15)(H2,12,13,16);1-3,6-7H,4-5,8-9H2;1H,(H2,2,3)/b9-5+;;. The monoisotopic (exact) mass is 464 g/mol. The molecule has 5 N–H and O–H groups in total. The highest BCUT2D eigenvalue weighted by molar-refractivity contribution is 7.82. The number of aliphatic carboxylic acids is 1. The molecule has 1 heterocycles. The van der Waals surface area contributed by atoms with Crippen LogP contribution in [0.3, 0.4) is 0 Å². The van der Waals surface area contributed by atoms with Gasteiger partial charge in [-0.2, -0.15) is 0 Å². The Bertz CT molecular complexity index is 778. The largest absolute Gasteiger partial charge is 0.481 e. The number of rotatable bonds is 9. The Morgan fingerprint density at radius 2 is 1.75 bits per heavy atom. The molecule has 0 radical (unpaired) electrons. The Morgan fingerprint density at radius 3 is 2.25 bits per heavy atom. The predicted octanol–water partition coefficient (Wildman–Crippen LogP) is 1.97. The summed E-state index contributed by atoms with van der Waals surface area (Å²) in [6.07, 6.45) is 7.45. The molecule has 0 aromatic heterocycles. The molecule has 1 aliphatic heterocycles. The molecule has 1 aromatic carbocycles. The lowest BCUT2D eigenvalue weighted by molar-refractivity contribution is -0.136. The van der Waals surface area contributed by atoms with Gasteiger partial charge < -0.3 is 21.5 Å². The second-order valence-corrected chi connectivity index (χ2v) is 7.76. The fourth-order valence-electron chi connectivity index (χ4n) is 2.42. The van der Waals surface area contributed by atoms with Crippen LogP contribution in [0.1, 0.15) is 19.3 Å². The van der Waals surface area contributed by atoms with Crippen molar-refractivity contribution in [1.82, 2.24) is 14.9 Å². The number of benzene rings is 1. The number of nitrogens with two attached hydrogens (primary N) is 1. The zero-order chi connectivity index (χ0) is 24.2. The summed E-state index contributed by atoms with van der Waals surface area (Å²) in [4.78, 5) is 30.8. The van der Waals surface area contributed by atoms with E-state index in [0.29, 0.717) is 6.54 Å². The summed E-state index contributed by atoms with van der Waals surface area (Å²) < 4.78 is 13.9. The number of carbonyl (C=O) groups is 3. The van der Waals surface area contributed by atoms with Crippen LogP contribution in [0.15, 0.2) is 72.2 Å². The average Bonchev–Trinajstić information content (AvgIpc) is 3.32. The van der Waals surface area contributed by atoms with Crippen LogP contribution in [-0.4, -0.2) is 58.2 Å². The molecule has 1 aromatic rings. The van der Waals surface area contributed by atoms with Crippen LogP contribution in [0.25, 0.3) is 0 Å². The summed E-state index contributed by atoms with van der Waals surface area (Å²) in [6.45, 7) is 9.49. The van der Waals surface area contributed by atoms with E-state index in [9.17, 15) is 13.8 Å². The topological polar surface area (TPSA) is 142 Å². The SMILES string of the molecule is C=C/C=C(\C=C)CNC(=O)NCCC(=O)O.NC=O.O=S(c1ccccc1)N1CCCC1. The van der Waals surface area contributed by atoms with Gasteiger partial charge in [0.2, 0.25) is 6.41 Å². The minimum Gasteiger partial charge on any atom is -0.481 e. The number of carbonyl (C=O) groups excluding carboxylic acids is 2. The highest BCUT2D eigenvalue weighted by atomic mass is 32.2. The lowest BCUT2D eigenvalue weighted by Crippen LogP contribution is -2.37. The molecule has 0 spiro atoms. The number of urea groups is 1. The number of hydrogen-bond donors (Lipinski definition) is 4. The highest BCUT2D eigenvalue weighted by Gasteiger charge is 2.18. The van der Waals surface area contributed by atoms with Crippen molar-refractivity contribution in [2.75, 3.05) is 26.2 Å². The van der Waals surface area contributed by atoms with Gasteiger partial charge in [0.25, 0.3) is 0 Å². The van der Waals surface area contributed by atoms with Crippen LogP contribution >= 0.6 is 0 Å². The minimum atomic E-state index is -0.946. The first kappa shape index (κ1) is 28.8. The molecule has 3 amide bonds. The molecule has 10 heteroatoms. The Balaban J connectivity index is 0.000000540. The maximum atomic E-state index is 11.9. The van der Waals surface area contributed by atoms with E-state index in [0.717, 1.165) is 23.6 Å². The van der Waals surface area contributed by atoms with Crippen molar-refractivity contribution in [3.05, 3.63) is 67.3 Å². The average molecular weight is 465 g/mol. The molecule has 1 fully saturated rings. The van der Waals surface area contributed by atoms with Gasteiger partial charge in [0.05, 0.1) is 11.3 Å². The zero-order valence-corrected chi connectivity index (χ0v) is 18.9. The first-order valence-corrected chi connectivity index (χ1v) is 11.0. The van der Waals surface area contributed by atoms with E-state index in [1.165, 1.54) is 12.8 Å². The maximum absolute atomic E-state index is 11.9. The molecule has 0 bridgehead atoms. The Kier molecular flexibility index (Phi) is 16.6. The molecule has 9 nitrogen and oxygen atoms in total. The number of hydrogen-bond acceptors (Lipinski definition) is 4. The van der Waals surface area contributed by atoms with Gasteiger partial charge in [0.1, 0.15) is 11.0 Å². The van der Waals surface area contributed by atoms with Crippen molar-refractivity contribution >= 4 is 29.4 Å². The van der Waals surface area contributed by atoms with E-state index >= 15 is 0 Å². The van der Waals surface area contributed by atoms with Crippen LogP contribution in [-0.2, 0) is 20.6 Å². The lowest BCUT2D eigenvalue weighted by Gasteiger charge is -2.12. The number of carboxylic acid groups (broad SMARTS) is 1. The van der Waals surface area contributed by atoms with Crippen LogP contribution in [0.2, 0.25) is 0 Å². The van der Waals surface area contributed by atoms with Gasteiger partial charge in [-0.25, -0.2) is 13.3 Å². The summed E-state index contributed by atoms with van der Waals surface area (Å²) in [5.74, 6) is -0.946. The van der Waals surface area contributed by atoms with Gasteiger partial charge in [-0.15, -0.1) is 0 Å². The molecule has 32 heavy (non-hydrogen) atoms. The highest BCUT2D eigenvalue weighted by Crippen LogP contribution is 2.16. The van der Waals surface area contributed by atoms with E-state index < -0.39 is 23.0 Å². The summed E-state index contributed by atoms with van der Waals surface area (Å²) in [7, 11) is -0.925. The van der Waals surface area contributed by atoms with Gasteiger partial charge >= 0.3 is 12.0 Å². The first-order chi connectivity index (χ1) is 15.4. The van der Waals surface area contributed by atoms with Crippen molar-refractivity contribution in [3.63, 3.8) is 0 Å². The smallest absolute Gasteiger partial charge is 0.315 e. The van der Waals surface area contributed by atoms with E-state index in [2.05, 4.69) is 29.5 Å². The van der Waals surface area contributed by atoms with Gasteiger partial charge in [-0.3, -0.25) is 9.59 Å². The Hall–Kier alpha value is -3.24. The normalized spacial score (nSPS) is 13.8. The number of amides is 3. The number of nitrogens with zero attached hydrogens (tertiary/aromatic N) is 1. The van der Waals surface area contributed by atoms with Gasteiger partial charge in [0, 0.05) is 26.2 Å². The van der Waals surface area contributed by atoms with Crippen LogP contribution < -0.4 is 16.4 Å². The van der Waals surface area contributed by atoms with E-state index in [1.807, 2.05) is 34.6 Å². The number of carboxylic acids is 1. The predicted molar refractivity (Wildman–Crippen MR) is 126 cm³/mol. The fraction of sp³-hybridized carbons (Fsp3) is 0.318. The third-order valence-electron chi connectivity index (χ3n) is 3.92. The first-order valence-electron chi connectivity index (χ1n) is 9.94. The van der Waals surface area contributed by atoms with E-state index in [4.69, 9.17) is 9.90 Å². The van der Waals surface area contributed by atoms with Gasteiger partial charge in [-0.1, -0.05) is 49.6 Å². The van der Waals surface area contributed by atoms with Gasteiger partial charge in [0.15, 0.2) is 0 Å². The molecule has 1 unspecified atom stereocenters. The molecular weight excluding hydrogens is 432 g/mol. The summed E-state index contributed by atoms with van der Waals surface area (Å²) in [5.41, 5.74) is 4.99. The second-order valence-electron chi connectivity index (χ2n) is 6.27. The Morgan fingerprint density at radius 1 is 1.16 bits per heavy atom. The van der Waals surface area contributed by atoms with Crippen molar-refractivity contribution in [1.29, 1.82) is 0 Å². The third kappa shape index (κ3) is 13.9. The third-order valence-corrected chi connectivity index (χ3v) is 5.43. The summed E-state index contributed by atoms with van der Waals surface area (Å²) >= 11 is 0. The fourth-order valence-corrected chi connectivity index (χ4v) is 3.70. The second kappa shape index (κ2) is 18.5. The zero-order valence-electron chi connectivity index (χ0n) is 18.1. The molecule has 1 saturated heterocycles. The number of primary amides is 1. The molecule has 1 aliphatic rings. The van der Waals surface area contributed by atoms with Crippen molar-refractivity contribution in [3.8, 4) is 0 Å². The summed E-state index contributed by atoms with van der Waals surface area (Å²) in [5, 5.41) is 13.3. The van der Waals surface area contributed by atoms with E-state index in [1.54, 1.807) is 18.2 Å². The van der Waals surface area contributed by atoms with Gasteiger partial charge in [-0.05, 0) is 30.5 Å². The van der Waals surface area contributed by atoms with Crippen LogP contribution in [0.5, 0.6) is 0 Å². The summed E-state index contributed by atoms with van der Waals surface area (Å²) in [6, 6.07) is 9.26. The Labute approximate surface area is 191 Å². The van der Waals surface area contributed by atoms with Crippen molar-refractivity contribution in [2.24, 2.45) is 5.73 Å². The van der Waals surface area contributed by atoms with Crippen molar-refractivity contribution < 1.29 is 23.7 Å². The molecule has 1 atom stereocenters. The molecular formula is C22H32N4O5S.